The number of carbonyl (C=O) groups is 2. The van der Waals surface area contributed by atoms with Crippen LogP contribution >= 0.6 is 11.3 Å². The van der Waals surface area contributed by atoms with Crippen molar-refractivity contribution >= 4 is 23.2 Å². The molecule has 0 spiro atoms. The highest BCUT2D eigenvalue weighted by Gasteiger charge is 2.39. The van der Waals surface area contributed by atoms with E-state index < -0.39 is 12.0 Å². The summed E-state index contributed by atoms with van der Waals surface area (Å²) in [5.74, 6) is -1.37. The largest absolute Gasteiger partial charge is 0.480 e. The first-order chi connectivity index (χ1) is 10.6. The lowest BCUT2D eigenvalue weighted by atomic mass is 10.2. The molecule has 1 amide bonds. The maximum Gasteiger partial charge on any atom is 0.326 e. The Bertz CT molecular complexity index is 678. The van der Waals surface area contributed by atoms with Gasteiger partial charge in [-0.05, 0) is 31.2 Å². The van der Waals surface area contributed by atoms with Crippen LogP contribution in [0.2, 0.25) is 0 Å². The highest BCUT2D eigenvalue weighted by Crippen LogP contribution is 2.30. The number of thiophene rings is 1. The Balaban J connectivity index is 1.76. The predicted octanol–water partition coefficient (Wildman–Crippen LogP) is 1.47. The minimum Gasteiger partial charge on any atom is -0.480 e. The van der Waals surface area contributed by atoms with Crippen molar-refractivity contribution in [1.82, 2.24) is 19.9 Å². The number of aliphatic carboxylic acids is 1. The Morgan fingerprint density at radius 3 is 2.91 bits per heavy atom. The van der Waals surface area contributed by atoms with E-state index in [4.69, 9.17) is 5.11 Å². The van der Waals surface area contributed by atoms with Gasteiger partial charge in [-0.3, -0.25) is 4.79 Å². The van der Waals surface area contributed by atoms with Gasteiger partial charge < -0.3 is 10.0 Å². The van der Waals surface area contributed by atoms with Crippen molar-refractivity contribution in [3.63, 3.8) is 0 Å². The van der Waals surface area contributed by atoms with Gasteiger partial charge in [0.25, 0.3) is 5.91 Å². The van der Waals surface area contributed by atoms with E-state index in [9.17, 15) is 9.59 Å². The molecule has 1 fully saturated rings. The topological polar surface area (TPSA) is 88.3 Å². The average molecular weight is 320 g/mol. The Morgan fingerprint density at radius 2 is 2.32 bits per heavy atom. The van der Waals surface area contributed by atoms with Crippen LogP contribution in [0.25, 0.3) is 0 Å². The predicted molar refractivity (Wildman–Crippen MR) is 79.7 cm³/mol. The van der Waals surface area contributed by atoms with Gasteiger partial charge in [0.05, 0.1) is 12.7 Å². The molecule has 1 saturated carbocycles. The first kappa shape index (κ1) is 14.7. The van der Waals surface area contributed by atoms with Gasteiger partial charge in [0.2, 0.25) is 0 Å². The lowest BCUT2D eigenvalue weighted by Crippen LogP contribution is -2.44. The van der Waals surface area contributed by atoms with Crippen LogP contribution in [0.1, 0.15) is 35.1 Å². The van der Waals surface area contributed by atoms with Crippen molar-refractivity contribution in [2.45, 2.75) is 38.4 Å². The zero-order chi connectivity index (χ0) is 15.7. The van der Waals surface area contributed by atoms with Gasteiger partial charge in [0.1, 0.15) is 6.04 Å². The molecule has 1 N–H and O–H groups in total. The van der Waals surface area contributed by atoms with E-state index in [1.807, 2.05) is 17.5 Å². The van der Waals surface area contributed by atoms with Crippen LogP contribution in [0.15, 0.2) is 23.7 Å². The fraction of sp³-hybridized carbons (Fsp3) is 0.429. The van der Waals surface area contributed by atoms with Crippen LogP contribution in [-0.4, -0.2) is 49.0 Å². The van der Waals surface area contributed by atoms with Crippen LogP contribution in [0, 0.1) is 0 Å². The van der Waals surface area contributed by atoms with Gasteiger partial charge in [-0.15, -0.1) is 16.4 Å². The van der Waals surface area contributed by atoms with Gasteiger partial charge in [0, 0.05) is 10.9 Å². The molecule has 3 rings (SSSR count). The molecule has 116 valence electrons. The Labute approximate surface area is 131 Å². The zero-order valence-corrected chi connectivity index (χ0v) is 12.9. The third-order valence-corrected chi connectivity index (χ3v) is 4.47. The van der Waals surface area contributed by atoms with E-state index in [1.165, 1.54) is 11.8 Å². The molecule has 0 radical (unpaired) electrons. The van der Waals surface area contributed by atoms with E-state index >= 15 is 0 Å². The third-order valence-electron chi connectivity index (χ3n) is 3.61. The number of nitrogens with zero attached hydrogens (tertiary/aromatic N) is 4. The van der Waals surface area contributed by atoms with Gasteiger partial charge in [0.15, 0.2) is 5.69 Å². The Hall–Kier alpha value is -2.22. The maximum atomic E-state index is 12.5. The van der Waals surface area contributed by atoms with Crippen LogP contribution < -0.4 is 0 Å². The second-order valence-electron chi connectivity index (χ2n) is 5.34. The van der Waals surface area contributed by atoms with Crippen LogP contribution in [0.4, 0.5) is 0 Å². The molecule has 2 aromatic heterocycles. The number of hydrogen-bond donors (Lipinski definition) is 1. The molecule has 22 heavy (non-hydrogen) atoms. The standard InChI is InChI=1S/C14H16N4O3S/c1-9(14(20)21)18(10-4-5-10)13(19)12-8-17(16-15-12)7-11-3-2-6-22-11/h2-3,6,8-10H,4-5,7H2,1H3,(H,20,21). The van der Waals surface area contributed by atoms with Gasteiger partial charge in [-0.1, -0.05) is 11.3 Å². The second-order valence-corrected chi connectivity index (χ2v) is 6.37. The minimum absolute atomic E-state index is 0.000968. The summed E-state index contributed by atoms with van der Waals surface area (Å²) in [4.78, 5) is 26.2. The maximum absolute atomic E-state index is 12.5. The summed E-state index contributed by atoms with van der Waals surface area (Å²) in [6.45, 7) is 2.07. The molecule has 0 bridgehead atoms. The number of amides is 1. The summed E-state index contributed by atoms with van der Waals surface area (Å²) in [5.41, 5.74) is 0.191. The average Bonchev–Trinajstić information content (AvgIpc) is 3.00. The van der Waals surface area contributed by atoms with Gasteiger partial charge in [-0.2, -0.15) is 0 Å². The molecule has 0 aromatic carbocycles. The first-order valence-electron chi connectivity index (χ1n) is 7.04. The second kappa shape index (κ2) is 5.88. The molecule has 8 heteroatoms. The molecule has 0 aliphatic heterocycles. The number of rotatable bonds is 6. The summed E-state index contributed by atoms with van der Waals surface area (Å²) < 4.78 is 1.59. The lowest BCUT2D eigenvalue weighted by Gasteiger charge is -2.25. The van der Waals surface area contributed by atoms with E-state index in [2.05, 4.69) is 10.3 Å². The van der Waals surface area contributed by atoms with E-state index in [0.29, 0.717) is 6.54 Å². The normalized spacial score (nSPS) is 15.5. The molecule has 1 atom stereocenters. The molecular weight excluding hydrogens is 304 g/mol. The summed E-state index contributed by atoms with van der Waals surface area (Å²) in [7, 11) is 0. The molecule has 2 heterocycles. The molecular formula is C14H16N4O3S. The van der Waals surface area contributed by atoms with E-state index in [-0.39, 0.29) is 17.6 Å². The number of carboxylic acid groups (broad SMARTS) is 1. The quantitative estimate of drug-likeness (QED) is 0.870. The fourth-order valence-electron chi connectivity index (χ4n) is 2.30. The van der Waals surface area contributed by atoms with E-state index in [1.54, 1.807) is 22.2 Å². The molecule has 0 saturated heterocycles. The van der Waals surface area contributed by atoms with Gasteiger partial charge >= 0.3 is 5.97 Å². The zero-order valence-electron chi connectivity index (χ0n) is 12.0. The van der Waals surface area contributed by atoms with Crippen molar-refractivity contribution in [3.05, 3.63) is 34.3 Å². The van der Waals surface area contributed by atoms with Crippen LogP contribution in [-0.2, 0) is 11.3 Å². The number of carboxylic acids is 1. The van der Waals surface area contributed by atoms with E-state index in [0.717, 1.165) is 17.7 Å². The summed E-state index contributed by atoms with van der Waals surface area (Å²) in [6.07, 6.45) is 3.26. The van der Waals surface area contributed by atoms with Crippen molar-refractivity contribution in [3.8, 4) is 0 Å². The summed E-state index contributed by atoms with van der Waals surface area (Å²) in [5, 5.41) is 19.0. The van der Waals surface area contributed by atoms with Crippen molar-refractivity contribution in [2.24, 2.45) is 0 Å². The van der Waals surface area contributed by atoms with Gasteiger partial charge in [-0.25, -0.2) is 9.48 Å². The number of aromatic nitrogens is 3. The SMILES string of the molecule is CC(C(=O)O)N(C(=O)c1cn(Cc2cccs2)nn1)C1CC1. The molecule has 1 aliphatic carbocycles. The monoisotopic (exact) mass is 320 g/mol. The first-order valence-corrected chi connectivity index (χ1v) is 7.92. The summed E-state index contributed by atoms with van der Waals surface area (Å²) in [6, 6.07) is 3.08. The highest BCUT2D eigenvalue weighted by atomic mass is 32.1. The molecule has 1 aliphatic rings. The van der Waals surface area contributed by atoms with Crippen LogP contribution in [0.5, 0.6) is 0 Å². The molecule has 2 aromatic rings. The lowest BCUT2D eigenvalue weighted by molar-refractivity contribution is -0.141. The Kier molecular flexibility index (Phi) is 3.93. The molecule has 1 unspecified atom stereocenters. The van der Waals surface area contributed by atoms with Crippen molar-refractivity contribution in [1.29, 1.82) is 0 Å². The summed E-state index contributed by atoms with van der Waals surface area (Å²) >= 11 is 1.60. The minimum atomic E-state index is -1.01. The Morgan fingerprint density at radius 1 is 1.55 bits per heavy atom. The van der Waals surface area contributed by atoms with Crippen LogP contribution in [0.3, 0.4) is 0 Å². The number of hydrogen-bond acceptors (Lipinski definition) is 5. The third kappa shape index (κ3) is 3.01. The van der Waals surface area contributed by atoms with Crippen molar-refractivity contribution < 1.29 is 14.7 Å². The highest BCUT2D eigenvalue weighted by molar-refractivity contribution is 7.09. The smallest absolute Gasteiger partial charge is 0.326 e. The fourth-order valence-corrected chi connectivity index (χ4v) is 2.99. The molecule has 7 nitrogen and oxygen atoms in total. The van der Waals surface area contributed by atoms with Crippen molar-refractivity contribution in [2.75, 3.05) is 0 Å². The number of carbonyl (C=O) groups excluding carboxylic acids is 1.